The van der Waals surface area contributed by atoms with E-state index in [1.807, 2.05) is 0 Å². The molecule has 1 aliphatic rings. The molecule has 0 saturated carbocycles. The maximum Gasteiger partial charge on any atom is 0.0302 e. The average molecular weight is 296 g/mol. The van der Waals surface area contributed by atoms with Crippen LogP contribution in [-0.2, 0) is 6.42 Å². The molecule has 112 valence electrons. The van der Waals surface area contributed by atoms with Crippen LogP contribution < -0.4 is 0 Å². The van der Waals surface area contributed by atoms with Crippen LogP contribution in [-0.4, -0.2) is 0 Å². The van der Waals surface area contributed by atoms with Gasteiger partial charge >= 0.3 is 0 Å². The molecule has 0 heteroatoms. The molecule has 0 aliphatic heterocycles. The number of aryl methyl sites for hydroxylation is 1. The Labute approximate surface area is 138 Å². The van der Waals surface area contributed by atoms with Crippen LogP contribution in [0.2, 0.25) is 0 Å². The zero-order valence-electron chi connectivity index (χ0n) is 13.2. The summed E-state index contributed by atoms with van der Waals surface area (Å²) in [5.74, 6) is 0.353. The Morgan fingerprint density at radius 2 is 1.13 bits per heavy atom. The highest BCUT2D eigenvalue weighted by atomic mass is 14.2. The summed E-state index contributed by atoms with van der Waals surface area (Å²) < 4.78 is 0. The highest BCUT2D eigenvalue weighted by molar-refractivity contribution is 5.63. The van der Waals surface area contributed by atoms with E-state index in [0.717, 1.165) is 12.8 Å². The summed E-state index contributed by atoms with van der Waals surface area (Å²) in [7, 11) is 0. The Hall–Kier alpha value is -2.60. The average Bonchev–Trinajstić information content (AvgIpc) is 2.64. The van der Waals surface area contributed by atoms with Crippen LogP contribution in [0.4, 0.5) is 0 Å². The standard InChI is InChI=1S/C23H20/c1-3-10-19(11-4-1)23(20-12-5-2-6-13-20)22-16-15-18-9-7-8-14-21(18)17-22/h1-14,17,23H,15-16H2. The van der Waals surface area contributed by atoms with Crippen LogP contribution in [0.15, 0.2) is 90.5 Å². The first-order valence-electron chi connectivity index (χ1n) is 8.30. The fourth-order valence-corrected chi connectivity index (χ4v) is 3.59. The zero-order valence-corrected chi connectivity index (χ0v) is 13.2. The van der Waals surface area contributed by atoms with E-state index >= 15 is 0 Å². The normalized spacial score (nSPS) is 13.5. The van der Waals surface area contributed by atoms with Gasteiger partial charge in [0, 0.05) is 5.92 Å². The van der Waals surface area contributed by atoms with Crippen molar-refractivity contribution in [1.29, 1.82) is 0 Å². The smallest absolute Gasteiger partial charge is 0.0302 e. The Kier molecular flexibility index (Phi) is 3.81. The molecule has 0 spiro atoms. The number of hydrogen-bond acceptors (Lipinski definition) is 0. The van der Waals surface area contributed by atoms with Crippen LogP contribution in [0.5, 0.6) is 0 Å². The van der Waals surface area contributed by atoms with Gasteiger partial charge in [0.2, 0.25) is 0 Å². The van der Waals surface area contributed by atoms with Gasteiger partial charge in [-0.05, 0) is 35.1 Å². The van der Waals surface area contributed by atoms with Gasteiger partial charge in [0.05, 0.1) is 0 Å². The second-order valence-electron chi connectivity index (χ2n) is 6.17. The Balaban J connectivity index is 1.82. The molecule has 4 rings (SSSR count). The second-order valence-corrected chi connectivity index (χ2v) is 6.17. The molecule has 0 saturated heterocycles. The molecule has 0 N–H and O–H groups in total. The molecular weight excluding hydrogens is 276 g/mol. The molecule has 3 aromatic carbocycles. The number of rotatable bonds is 3. The van der Waals surface area contributed by atoms with Gasteiger partial charge < -0.3 is 0 Å². The van der Waals surface area contributed by atoms with E-state index in [2.05, 4.69) is 91.0 Å². The topological polar surface area (TPSA) is 0 Å². The maximum atomic E-state index is 2.41. The van der Waals surface area contributed by atoms with E-state index in [0.29, 0.717) is 5.92 Å². The lowest BCUT2D eigenvalue weighted by atomic mass is 9.79. The third-order valence-corrected chi connectivity index (χ3v) is 4.72. The molecule has 3 aromatic rings. The molecule has 0 fully saturated rings. The van der Waals surface area contributed by atoms with Crippen molar-refractivity contribution in [1.82, 2.24) is 0 Å². The predicted octanol–water partition coefficient (Wildman–Crippen LogP) is 5.85. The molecule has 0 heterocycles. The summed E-state index contributed by atoms with van der Waals surface area (Å²) in [5.41, 5.74) is 7.12. The highest BCUT2D eigenvalue weighted by Gasteiger charge is 2.21. The first kappa shape index (κ1) is 14.0. The molecule has 1 aliphatic carbocycles. The van der Waals surface area contributed by atoms with E-state index < -0.39 is 0 Å². The third kappa shape index (κ3) is 2.85. The van der Waals surface area contributed by atoms with Crippen LogP contribution in [0, 0.1) is 0 Å². The van der Waals surface area contributed by atoms with Gasteiger partial charge in [0.15, 0.2) is 0 Å². The first-order valence-corrected chi connectivity index (χ1v) is 8.30. The molecule has 0 aromatic heterocycles. The Morgan fingerprint density at radius 3 is 1.78 bits per heavy atom. The minimum atomic E-state index is 0.353. The predicted molar refractivity (Wildman–Crippen MR) is 97.5 cm³/mol. The van der Waals surface area contributed by atoms with E-state index in [4.69, 9.17) is 0 Å². The molecule has 23 heavy (non-hydrogen) atoms. The SMILES string of the molecule is C1=C(C(c2ccccc2)c2ccccc2)CCc2ccccc21. The Bertz CT molecular complexity index is 773. The molecule has 0 nitrogen and oxygen atoms in total. The molecule has 0 bridgehead atoms. The van der Waals surface area contributed by atoms with Gasteiger partial charge in [-0.3, -0.25) is 0 Å². The molecule has 0 atom stereocenters. The van der Waals surface area contributed by atoms with Crippen molar-refractivity contribution in [2.75, 3.05) is 0 Å². The maximum absolute atomic E-state index is 2.41. The lowest BCUT2D eigenvalue weighted by molar-refractivity contribution is 0.822. The van der Waals surface area contributed by atoms with Crippen molar-refractivity contribution < 1.29 is 0 Å². The number of hydrogen-bond donors (Lipinski definition) is 0. The fourth-order valence-electron chi connectivity index (χ4n) is 3.59. The molecule has 0 radical (unpaired) electrons. The lowest BCUT2D eigenvalue weighted by Crippen LogP contribution is -2.09. The van der Waals surface area contributed by atoms with Crippen LogP contribution in [0.1, 0.15) is 34.6 Å². The minimum Gasteiger partial charge on any atom is -0.0622 e. The summed E-state index contributed by atoms with van der Waals surface area (Å²) in [4.78, 5) is 0. The first-order chi connectivity index (χ1) is 11.4. The van der Waals surface area contributed by atoms with Gasteiger partial charge in [-0.2, -0.15) is 0 Å². The van der Waals surface area contributed by atoms with Gasteiger partial charge in [-0.25, -0.2) is 0 Å². The van der Waals surface area contributed by atoms with Crippen molar-refractivity contribution in [3.8, 4) is 0 Å². The van der Waals surface area contributed by atoms with Crippen LogP contribution in [0.3, 0.4) is 0 Å². The van der Waals surface area contributed by atoms with Gasteiger partial charge in [0.25, 0.3) is 0 Å². The molecule has 0 unspecified atom stereocenters. The summed E-state index contributed by atoms with van der Waals surface area (Å²) in [6.45, 7) is 0. The molecule has 0 amide bonds. The Morgan fingerprint density at radius 1 is 0.565 bits per heavy atom. The highest BCUT2D eigenvalue weighted by Crippen LogP contribution is 2.38. The van der Waals surface area contributed by atoms with Crippen molar-refractivity contribution in [2.24, 2.45) is 0 Å². The van der Waals surface area contributed by atoms with Crippen molar-refractivity contribution in [2.45, 2.75) is 18.8 Å². The van der Waals surface area contributed by atoms with E-state index in [9.17, 15) is 0 Å². The third-order valence-electron chi connectivity index (χ3n) is 4.72. The molecular formula is C23H20. The van der Waals surface area contributed by atoms with Gasteiger partial charge in [0.1, 0.15) is 0 Å². The van der Waals surface area contributed by atoms with E-state index in [-0.39, 0.29) is 0 Å². The largest absolute Gasteiger partial charge is 0.0622 e. The van der Waals surface area contributed by atoms with Crippen LogP contribution >= 0.6 is 0 Å². The lowest BCUT2D eigenvalue weighted by Gasteiger charge is -2.25. The number of benzene rings is 3. The summed E-state index contributed by atoms with van der Waals surface area (Å²) in [6, 6.07) is 30.5. The van der Waals surface area contributed by atoms with E-state index in [1.165, 1.54) is 27.8 Å². The zero-order chi connectivity index (χ0) is 15.5. The van der Waals surface area contributed by atoms with Crippen molar-refractivity contribution in [3.63, 3.8) is 0 Å². The van der Waals surface area contributed by atoms with E-state index in [1.54, 1.807) is 0 Å². The summed E-state index contributed by atoms with van der Waals surface area (Å²) in [5, 5.41) is 0. The van der Waals surface area contributed by atoms with Gasteiger partial charge in [-0.1, -0.05) is 96.6 Å². The summed E-state index contributed by atoms with van der Waals surface area (Å²) in [6.07, 6.45) is 4.67. The van der Waals surface area contributed by atoms with Crippen molar-refractivity contribution >= 4 is 6.08 Å². The van der Waals surface area contributed by atoms with Gasteiger partial charge in [-0.15, -0.1) is 0 Å². The number of fused-ring (bicyclic) bond motifs is 1. The van der Waals surface area contributed by atoms with Crippen LogP contribution in [0.25, 0.3) is 6.08 Å². The minimum absolute atomic E-state index is 0.353. The fraction of sp³-hybridized carbons (Fsp3) is 0.130. The number of allylic oxidation sites excluding steroid dienone is 1. The summed E-state index contributed by atoms with van der Waals surface area (Å²) >= 11 is 0. The second kappa shape index (κ2) is 6.26. The van der Waals surface area contributed by atoms with Crippen molar-refractivity contribution in [3.05, 3.63) is 113 Å². The monoisotopic (exact) mass is 296 g/mol. The quantitative estimate of drug-likeness (QED) is 0.569.